The van der Waals surface area contributed by atoms with Gasteiger partial charge in [0.1, 0.15) is 11.4 Å². The molecule has 0 saturated carbocycles. The second-order valence-electron chi connectivity index (χ2n) is 4.97. The Morgan fingerprint density at radius 2 is 2.00 bits per heavy atom. The number of halogens is 1. The van der Waals surface area contributed by atoms with Crippen molar-refractivity contribution in [3.8, 4) is 5.75 Å². The summed E-state index contributed by atoms with van der Waals surface area (Å²) in [6.45, 7) is 6.70. The van der Waals surface area contributed by atoms with Crippen molar-refractivity contribution in [3.05, 3.63) is 46.7 Å². The number of carbonyl (C=O) groups excluding carboxylic acids is 1. The van der Waals surface area contributed by atoms with Gasteiger partial charge in [0.25, 0.3) is 5.91 Å². The number of nitrogens with zero attached hydrogens (tertiary/aromatic N) is 1. The number of nitrogens with one attached hydrogen (secondary N) is 1. The van der Waals surface area contributed by atoms with E-state index in [1.807, 2.05) is 61.9 Å². The first-order valence-electron chi connectivity index (χ1n) is 6.93. The maximum atomic E-state index is 12.3. The summed E-state index contributed by atoms with van der Waals surface area (Å²) in [6, 6.07) is 9.19. The summed E-state index contributed by atoms with van der Waals surface area (Å²) >= 11 is 3.39. The summed E-state index contributed by atoms with van der Waals surface area (Å²) in [5, 5.41) is 2.89. The van der Waals surface area contributed by atoms with Gasteiger partial charge in [0.05, 0.1) is 6.10 Å². The van der Waals surface area contributed by atoms with Crippen LogP contribution in [-0.4, -0.2) is 16.6 Å². The molecule has 2 aromatic rings. The summed E-state index contributed by atoms with van der Waals surface area (Å²) in [5.74, 6) is 0.669. The molecule has 0 bridgehead atoms. The Bertz CT molecular complexity index is 618. The topological polar surface area (TPSA) is 43.3 Å². The van der Waals surface area contributed by atoms with Crippen molar-refractivity contribution >= 4 is 27.5 Å². The van der Waals surface area contributed by atoms with E-state index in [1.165, 1.54) is 0 Å². The minimum atomic E-state index is -0.125. The SMILES string of the molecule is CCn1cc(Br)cc1C(=O)Nc1ccc(OC(C)C)cc1. The third-order valence-corrected chi connectivity index (χ3v) is 3.35. The Hall–Kier alpha value is -1.75. The Morgan fingerprint density at radius 1 is 1.33 bits per heavy atom. The van der Waals surface area contributed by atoms with Crippen LogP contribution in [0.1, 0.15) is 31.3 Å². The number of ether oxygens (including phenoxy) is 1. The Balaban J connectivity index is 2.08. The number of aromatic nitrogens is 1. The van der Waals surface area contributed by atoms with Crippen LogP contribution in [0.5, 0.6) is 5.75 Å². The van der Waals surface area contributed by atoms with Crippen molar-refractivity contribution in [3.63, 3.8) is 0 Å². The minimum absolute atomic E-state index is 0.125. The summed E-state index contributed by atoms with van der Waals surface area (Å²) in [7, 11) is 0. The molecule has 4 nitrogen and oxygen atoms in total. The molecule has 21 heavy (non-hydrogen) atoms. The summed E-state index contributed by atoms with van der Waals surface area (Å²) in [4.78, 5) is 12.3. The Labute approximate surface area is 133 Å². The Morgan fingerprint density at radius 3 is 2.57 bits per heavy atom. The highest BCUT2D eigenvalue weighted by Gasteiger charge is 2.12. The highest BCUT2D eigenvalue weighted by atomic mass is 79.9. The van der Waals surface area contributed by atoms with E-state index < -0.39 is 0 Å². The molecule has 0 aliphatic heterocycles. The fourth-order valence-electron chi connectivity index (χ4n) is 2.01. The van der Waals surface area contributed by atoms with Gasteiger partial charge < -0.3 is 14.6 Å². The number of benzene rings is 1. The number of rotatable bonds is 5. The van der Waals surface area contributed by atoms with Gasteiger partial charge in [-0.2, -0.15) is 0 Å². The van der Waals surface area contributed by atoms with Crippen molar-refractivity contribution in [2.75, 3.05) is 5.32 Å². The molecular formula is C16H19BrN2O2. The smallest absolute Gasteiger partial charge is 0.272 e. The third kappa shape index (κ3) is 4.11. The van der Waals surface area contributed by atoms with E-state index in [4.69, 9.17) is 4.74 Å². The Kier molecular flexibility index (Phi) is 5.07. The molecule has 0 radical (unpaired) electrons. The molecule has 0 unspecified atom stereocenters. The largest absolute Gasteiger partial charge is 0.491 e. The van der Waals surface area contributed by atoms with Crippen LogP contribution < -0.4 is 10.1 Å². The second-order valence-corrected chi connectivity index (χ2v) is 5.89. The standard InChI is InChI=1S/C16H19BrN2O2/c1-4-19-10-12(17)9-15(19)16(20)18-13-5-7-14(8-6-13)21-11(2)3/h5-11H,4H2,1-3H3,(H,18,20). The number of hydrogen-bond donors (Lipinski definition) is 1. The lowest BCUT2D eigenvalue weighted by Crippen LogP contribution is -2.16. The normalized spacial score (nSPS) is 10.7. The second kappa shape index (κ2) is 6.80. The van der Waals surface area contributed by atoms with Crippen LogP contribution in [-0.2, 0) is 6.54 Å². The molecule has 1 heterocycles. The van der Waals surface area contributed by atoms with Gasteiger partial charge in [0, 0.05) is 22.9 Å². The number of amides is 1. The summed E-state index contributed by atoms with van der Waals surface area (Å²) in [6.07, 6.45) is 2.03. The van der Waals surface area contributed by atoms with Crippen molar-refractivity contribution in [2.24, 2.45) is 0 Å². The first kappa shape index (κ1) is 15.6. The molecule has 5 heteroatoms. The molecular weight excluding hydrogens is 332 g/mol. The van der Waals surface area contributed by atoms with Gasteiger partial charge in [-0.25, -0.2) is 0 Å². The van der Waals surface area contributed by atoms with Crippen LogP contribution in [0.15, 0.2) is 41.0 Å². The maximum Gasteiger partial charge on any atom is 0.272 e. The first-order chi connectivity index (χ1) is 9.99. The quantitative estimate of drug-likeness (QED) is 0.872. The first-order valence-corrected chi connectivity index (χ1v) is 7.72. The zero-order valence-corrected chi connectivity index (χ0v) is 14.0. The van der Waals surface area contributed by atoms with Gasteiger partial charge >= 0.3 is 0 Å². The lowest BCUT2D eigenvalue weighted by molar-refractivity contribution is 0.101. The fourth-order valence-corrected chi connectivity index (χ4v) is 2.47. The van der Waals surface area contributed by atoms with Crippen molar-refractivity contribution in [1.29, 1.82) is 0 Å². The van der Waals surface area contributed by atoms with Gasteiger partial charge in [-0.15, -0.1) is 0 Å². The van der Waals surface area contributed by atoms with Crippen molar-refractivity contribution in [2.45, 2.75) is 33.4 Å². The lowest BCUT2D eigenvalue weighted by atomic mass is 10.3. The van der Waals surface area contributed by atoms with Gasteiger partial charge in [-0.05, 0) is 67.0 Å². The molecule has 0 spiro atoms. The van der Waals surface area contributed by atoms with E-state index in [1.54, 1.807) is 0 Å². The molecule has 0 aliphatic carbocycles. The highest BCUT2D eigenvalue weighted by molar-refractivity contribution is 9.10. The minimum Gasteiger partial charge on any atom is -0.491 e. The average Bonchev–Trinajstić information content (AvgIpc) is 2.82. The molecule has 1 N–H and O–H groups in total. The molecule has 0 fully saturated rings. The van der Waals surface area contributed by atoms with E-state index in [9.17, 15) is 4.79 Å². The van der Waals surface area contributed by atoms with Crippen LogP contribution >= 0.6 is 15.9 Å². The zero-order chi connectivity index (χ0) is 15.4. The van der Waals surface area contributed by atoms with Crippen molar-refractivity contribution < 1.29 is 9.53 Å². The lowest BCUT2D eigenvalue weighted by Gasteiger charge is -2.11. The zero-order valence-electron chi connectivity index (χ0n) is 12.4. The molecule has 1 amide bonds. The predicted molar refractivity (Wildman–Crippen MR) is 88.0 cm³/mol. The van der Waals surface area contributed by atoms with Gasteiger partial charge in [-0.3, -0.25) is 4.79 Å². The summed E-state index contributed by atoms with van der Waals surface area (Å²) < 4.78 is 8.37. The molecule has 1 aromatic heterocycles. The monoisotopic (exact) mass is 350 g/mol. The fraction of sp³-hybridized carbons (Fsp3) is 0.312. The van der Waals surface area contributed by atoms with Crippen molar-refractivity contribution in [1.82, 2.24) is 4.57 Å². The van der Waals surface area contributed by atoms with E-state index >= 15 is 0 Å². The van der Waals surface area contributed by atoms with E-state index in [2.05, 4.69) is 21.2 Å². The molecule has 112 valence electrons. The predicted octanol–water partition coefficient (Wildman–Crippen LogP) is 4.31. The number of carbonyl (C=O) groups is 1. The molecule has 1 aromatic carbocycles. The van der Waals surface area contributed by atoms with Crippen LogP contribution in [0.4, 0.5) is 5.69 Å². The highest BCUT2D eigenvalue weighted by Crippen LogP contribution is 2.19. The molecule has 0 aliphatic rings. The van der Waals surface area contributed by atoms with Gasteiger partial charge in [0.2, 0.25) is 0 Å². The molecule has 2 rings (SSSR count). The van der Waals surface area contributed by atoms with Crippen LogP contribution in [0.25, 0.3) is 0 Å². The molecule has 0 atom stereocenters. The number of anilines is 1. The molecule has 0 saturated heterocycles. The van der Waals surface area contributed by atoms with E-state index in [0.29, 0.717) is 5.69 Å². The average molecular weight is 351 g/mol. The number of hydrogen-bond acceptors (Lipinski definition) is 2. The van der Waals surface area contributed by atoms with Gasteiger partial charge in [0.15, 0.2) is 0 Å². The van der Waals surface area contributed by atoms with Crippen LogP contribution in [0.2, 0.25) is 0 Å². The maximum absolute atomic E-state index is 12.3. The van der Waals surface area contributed by atoms with E-state index in [-0.39, 0.29) is 12.0 Å². The van der Waals surface area contributed by atoms with Crippen LogP contribution in [0.3, 0.4) is 0 Å². The summed E-state index contributed by atoms with van der Waals surface area (Å²) in [5.41, 5.74) is 1.38. The van der Waals surface area contributed by atoms with Crippen LogP contribution in [0, 0.1) is 0 Å². The van der Waals surface area contributed by atoms with E-state index in [0.717, 1.165) is 22.5 Å². The number of aryl methyl sites for hydroxylation is 1. The van der Waals surface area contributed by atoms with Gasteiger partial charge in [-0.1, -0.05) is 0 Å². The third-order valence-electron chi connectivity index (χ3n) is 2.92.